The SMILES string of the molecule is O=C(SN1CCCCC1)n1c2ccccc2c(=O)c2cccnc21. The molecule has 1 fully saturated rings. The Bertz CT molecular complexity index is 917. The average molecular weight is 339 g/mol. The summed E-state index contributed by atoms with van der Waals surface area (Å²) in [5, 5.41) is 0.909. The highest BCUT2D eigenvalue weighted by molar-refractivity contribution is 8.11. The summed E-state index contributed by atoms with van der Waals surface area (Å²) in [4.78, 5) is 30.0. The van der Waals surface area contributed by atoms with E-state index in [0.717, 1.165) is 25.9 Å². The fourth-order valence-corrected chi connectivity index (χ4v) is 4.09. The molecule has 0 bridgehead atoms. The smallest absolute Gasteiger partial charge is 0.288 e. The lowest BCUT2D eigenvalue weighted by molar-refractivity contribution is 0.261. The minimum absolute atomic E-state index is 0.0827. The molecule has 0 saturated carbocycles. The van der Waals surface area contributed by atoms with Crippen LogP contribution in [0.25, 0.3) is 21.9 Å². The first-order valence-electron chi connectivity index (χ1n) is 8.11. The van der Waals surface area contributed by atoms with E-state index in [9.17, 15) is 9.59 Å². The summed E-state index contributed by atoms with van der Waals surface area (Å²) in [5.74, 6) is 0. The quantitative estimate of drug-likeness (QED) is 0.500. The van der Waals surface area contributed by atoms with Crippen molar-refractivity contribution in [3.8, 4) is 0 Å². The largest absolute Gasteiger partial charge is 0.307 e. The molecule has 0 radical (unpaired) electrons. The number of hydrogen-bond acceptors (Lipinski definition) is 5. The fourth-order valence-electron chi connectivity index (χ4n) is 3.16. The highest BCUT2D eigenvalue weighted by Crippen LogP contribution is 2.24. The molecule has 5 nitrogen and oxygen atoms in total. The van der Waals surface area contributed by atoms with Crippen LogP contribution in [0.3, 0.4) is 0 Å². The molecule has 0 N–H and O–H groups in total. The van der Waals surface area contributed by atoms with E-state index in [-0.39, 0.29) is 10.7 Å². The van der Waals surface area contributed by atoms with Crippen molar-refractivity contribution < 1.29 is 4.79 Å². The van der Waals surface area contributed by atoms with Crippen molar-refractivity contribution >= 4 is 39.1 Å². The Morgan fingerprint density at radius 2 is 1.75 bits per heavy atom. The van der Waals surface area contributed by atoms with Gasteiger partial charge in [0.2, 0.25) is 0 Å². The minimum atomic E-state index is -0.114. The van der Waals surface area contributed by atoms with E-state index in [1.165, 1.54) is 18.4 Å². The summed E-state index contributed by atoms with van der Waals surface area (Å²) in [5.41, 5.74) is 0.958. The molecule has 2 aromatic heterocycles. The van der Waals surface area contributed by atoms with E-state index in [1.54, 1.807) is 35.0 Å². The van der Waals surface area contributed by atoms with E-state index in [4.69, 9.17) is 0 Å². The number of aromatic nitrogens is 2. The highest BCUT2D eigenvalue weighted by Gasteiger charge is 2.20. The number of hydrogen-bond donors (Lipinski definition) is 0. The minimum Gasteiger partial charge on any atom is -0.288 e. The van der Waals surface area contributed by atoms with Crippen molar-refractivity contribution in [3.63, 3.8) is 0 Å². The van der Waals surface area contributed by atoms with Gasteiger partial charge in [0.15, 0.2) is 11.1 Å². The Kier molecular flexibility index (Phi) is 4.08. The molecule has 4 rings (SSSR count). The predicted molar refractivity (Wildman–Crippen MR) is 97.3 cm³/mol. The zero-order valence-electron chi connectivity index (χ0n) is 13.1. The Morgan fingerprint density at radius 1 is 1.00 bits per heavy atom. The van der Waals surface area contributed by atoms with Gasteiger partial charge in [0.05, 0.1) is 10.9 Å². The molecule has 1 aliphatic rings. The molecule has 6 heteroatoms. The molecular weight excluding hydrogens is 322 g/mol. The van der Waals surface area contributed by atoms with Crippen LogP contribution in [0.15, 0.2) is 47.4 Å². The summed E-state index contributed by atoms with van der Waals surface area (Å²) >= 11 is 1.22. The van der Waals surface area contributed by atoms with Crippen LogP contribution >= 0.6 is 11.9 Å². The van der Waals surface area contributed by atoms with Gasteiger partial charge in [0.25, 0.3) is 0 Å². The van der Waals surface area contributed by atoms with E-state index >= 15 is 0 Å². The second kappa shape index (κ2) is 6.37. The first-order chi connectivity index (χ1) is 11.8. The van der Waals surface area contributed by atoms with E-state index in [1.807, 2.05) is 12.1 Å². The van der Waals surface area contributed by atoms with E-state index in [2.05, 4.69) is 9.29 Å². The van der Waals surface area contributed by atoms with Gasteiger partial charge in [-0.25, -0.2) is 9.29 Å². The number of benzene rings is 1. The molecular formula is C18H17N3O2S. The molecule has 122 valence electrons. The van der Waals surface area contributed by atoms with Crippen LogP contribution in [0.4, 0.5) is 4.79 Å². The van der Waals surface area contributed by atoms with Gasteiger partial charge in [-0.3, -0.25) is 14.2 Å². The molecule has 0 unspecified atom stereocenters. The second-order valence-electron chi connectivity index (χ2n) is 5.90. The molecule has 1 aliphatic heterocycles. The first-order valence-corrected chi connectivity index (χ1v) is 8.89. The monoisotopic (exact) mass is 339 g/mol. The van der Waals surface area contributed by atoms with Crippen LogP contribution in [0.5, 0.6) is 0 Å². The third-order valence-corrected chi connectivity index (χ3v) is 5.30. The molecule has 1 saturated heterocycles. The number of carbonyl (C=O) groups is 1. The van der Waals surface area contributed by atoms with Crippen LogP contribution < -0.4 is 5.43 Å². The topological polar surface area (TPSA) is 55.2 Å². The van der Waals surface area contributed by atoms with Gasteiger partial charge in [0.1, 0.15) is 0 Å². The van der Waals surface area contributed by atoms with Crippen molar-refractivity contribution in [1.82, 2.24) is 13.9 Å². The van der Waals surface area contributed by atoms with Gasteiger partial charge >= 0.3 is 5.24 Å². The number of para-hydroxylation sites is 1. The Labute approximate surface area is 143 Å². The third kappa shape index (κ3) is 2.61. The summed E-state index contributed by atoms with van der Waals surface area (Å²) in [6.07, 6.45) is 5.07. The molecule has 0 amide bonds. The van der Waals surface area contributed by atoms with Gasteiger partial charge < -0.3 is 0 Å². The van der Waals surface area contributed by atoms with Crippen LogP contribution in [0.2, 0.25) is 0 Å². The summed E-state index contributed by atoms with van der Waals surface area (Å²) in [6, 6.07) is 10.7. The lowest BCUT2D eigenvalue weighted by atomic mass is 10.1. The maximum Gasteiger partial charge on any atom is 0.307 e. The average Bonchev–Trinajstić information content (AvgIpc) is 2.63. The number of carbonyl (C=O) groups excluding carboxylic acids is 1. The van der Waals surface area contributed by atoms with Crippen molar-refractivity contribution in [2.45, 2.75) is 19.3 Å². The van der Waals surface area contributed by atoms with Crippen molar-refractivity contribution in [1.29, 1.82) is 0 Å². The van der Waals surface area contributed by atoms with Gasteiger partial charge in [-0.2, -0.15) is 0 Å². The molecule has 0 spiro atoms. The summed E-state index contributed by atoms with van der Waals surface area (Å²) in [6.45, 7) is 1.83. The maximum atomic E-state index is 13.0. The third-order valence-electron chi connectivity index (χ3n) is 4.34. The molecule has 1 aromatic carbocycles. The van der Waals surface area contributed by atoms with Crippen LogP contribution in [-0.2, 0) is 0 Å². The molecule has 3 heterocycles. The number of fused-ring (bicyclic) bond motifs is 2. The second-order valence-corrected chi connectivity index (χ2v) is 6.95. The Hall–Kier alpha value is -2.18. The number of piperidine rings is 1. The molecule has 24 heavy (non-hydrogen) atoms. The number of nitrogens with zero attached hydrogens (tertiary/aromatic N) is 3. The Balaban J connectivity index is 1.90. The standard InChI is InChI=1S/C18H17N3O2S/c22-16-13-7-2-3-9-15(13)21(17-14(16)8-6-10-19-17)18(23)24-20-11-4-1-5-12-20/h2-3,6-10H,1,4-5,11-12H2. The zero-order valence-corrected chi connectivity index (χ0v) is 14.0. The van der Waals surface area contributed by atoms with Gasteiger partial charge in [0, 0.05) is 36.6 Å². The van der Waals surface area contributed by atoms with Crippen molar-refractivity contribution in [2.24, 2.45) is 0 Å². The van der Waals surface area contributed by atoms with Gasteiger partial charge in [-0.05, 0) is 37.1 Å². The highest BCUT2D eigenvalue weighted by atomic mass is 32.2. The summed E-state index contributed by atoms with van der Waals surface area (Å²) in [7, 11) is 0. The van der Waals surface area contributed by atoms with E-state index < -0.39 is 0 Å². The predicted octanol–water partition coefficient (Wildman–Crippen LogP) is 3.65. The van der Waals surface area contributed by atoms with Crippen molar-refractivity contribution in [3.05, 3.63) is 52.8 Å². The first kappa shape index (κ1) is 15.4. The zero-order chi connectivity index (χ0) is 16.5. The molecule has 0 aliphatic carbocycles. The summed E-state index contributed by atoms with van der Waals surface area (Å²) < 4.78 is 3.68. The molecule has 3 aromatic rings. The van der Waals surface area contributed by atoms with Crippen LogP contribution in [-0.4, -0.2) is 32.2 Å². The van der Waals surface area contributed by atoms with Crippen LogP contribution in [0.1, 0.15) is 19.3 Å². The number of rotatable bonds is 1. The Morgan fingerprint density at radius 3 is 2.58 bits per heavy atom. The lowest BCUT2D eigenvalue weighted by Crippen LogP contribution is -2.27. The number of pyridine rings is 2. The van der Waals surface area contributed by atoms with Gasteiger partial charge in [-0.1, -0.05) is 18.6 Å². The fraction of sp³-hybridized carbons (Fsp3) is 0.278. The van der Waals surface area contributed by atoms with E-state index in [0.29, 0.717) is 21.9 Å². The van der Waals surface area contributed by atoms with Gasteiger partial charge in [-0.15, -0.1) is 0 Å². The lowest BCUT2D eigenvalue weighted by Gasteiger charge is -2.24. The maximum absolute atomic E-state index is 13.0. The normalized spacial score (nSPS) is 15.8. The van der Waals surface area contributed by atoms with Crippen molar-refractivity contribution in [2.75, 3.05) is 13.1 Å². The van der Waals surface area contributed by atoms with Crippen LogP contribution in [0, 0.1) is 0 Å². The molecule has 0 atom stereocenters.